The average molecular weight is 431 g/mol. The van der Waals surface area contributed by atoms with Crippen LogP contribution in [0.4, 0.5) is 10.1 Å². The maximum absolute atomic E-state index is 13.1. The van der Waals surface area contributed by atoms with E-state index in [9.17, 15) is 9.18 Å². The molecule has 0 aliphatic carbocycles. The largest absolute Gasteiger partial charge is 0.369 e. The van der Waals surface area contributed by atoms with Crippen LogP contribution < -0.4 is 10.2 Å². The van der Waals surface area contributed by atoms with Gasteiger partial charge in [-0.1, -0.05) is 53.0 Å². The summed E-state index contributed by atoms with van der Waals surface area (Å²) in [7, 11) is 0. The number of amides is 1. The number of carbonyl (C=O) groups excluding carboxylic acids is 1. The molecule has 0 spiro atoms. The first-order chi connectivity index (χ1) is 12.8. The van der Waals surface area contributed by atoms with Crippen LogP contribution in [0.25, 0.3) is 0 Å². The molecule has 2 aromatic rings. The summed E-state index contributed by atoms with van der Waals surface area (Å²) in [4.78, 5) is 16.7. The molecule has 1 heterocycles. The molecule has 1 aliphatic heterocycles. The van der Waals surface area contributed by atoms with Gasteiger partial charge in [0.15, 0.2) is 0 Å². The monoisotopic (exact) mass is 429 g/mol. The van der Waals surface area contributed by atoms with E-state index in [-0.39, 0.29) is 0 Å². The van der Waals surface area contributed by atoms with Crippen LogP contribution >= 0.6 is 34.8 Å². The smallest absolute Gasteiger partial charge is 0.252 e. The molecule has 1 N–H and O–H groups in total. The molecule has 144 valence electrons. The Labute approximate surface area is 172 Å². The second-order valence-corrected chi connectivity index (χ2v) is 8.65. The first-order valence-electron chi connectivity index (χ1n) is 8.52. The van der Waals surface area contributed by atoms with Crippen molar-refractivity contribution in [2.75, 3.05) is 31.1 Å². The summed E-state index contributed by atoms with van der Waals surface area (Å²) in [5, 5.41) is 2.77. The Bertz CT molecular complexity index is 760. The van der Waals surface area contributed by atoms with Crippen molar-refractivity contribution in [2.45, 2.75) is 9.96 Å². The maximum Gasteiger partial charge on any atom is 0.252 e. The second kappa shape index (κ2) is 8.65. The minimum atomic E-state index is -1.70. The van der Waals surface area contributed by atoms with Crippen LogP contribution in [0.1, 0.15) is 10.4 Å². The van der Waals surface area contributed by atoms with Crippen LogP contribution in [-0.4, -0.2) is 46.9 Å². The van der Waals surface area contributed by atoms with Crippen LogP contribution in [-0.2, 0) is 0 Å². The number of benzene rings is 2. The fourth-order valence-electron chi connectivity index (χ4n) is 3.07. The fraction of sp³-hybridized carbons (Fsp3) is 0.316. The Balaban J connectivity index is 1.67. The van der Waals surface area contributed by atoms with E-state index in [0.29, 0.717) is 18.7 Å². The number of alkyl halides is 3. The topological polar surface area (TPSA) is 35.6 Å². The van der Waals surface area contributed by atoms with E-state index in [4.69, 9.17) is 34.8 Å². The van der Waals surface area contributed by atoms with Gasteiger partial charge in [-0.15, -0.1) is 0 Å². The van der Waals surface area contributed by atoms with Gasteiger partial charge in [-0.25, -0.2) is 4.39 Å². The van der Waals surface area contributed by atoms with Crippen LogP contribution in [0.15, 0.2) is 54.6 Å². The molecule has 0 saturated carbocycles. The zero-order chi connectivity index (χ0) is 19.4. The number of nitrogens with one attached hydrogen (secondary N) is 1. The van der Waals surface area contributed by atoms with Gasteiger partial charge in [0.05, 0.1) is 0 Å². The van der Waals surface area contributed by atoms with Crippen molar-refractivity contribution in [3.8, 4) is 0 Å². The Morgan fingerprint density at radius 3 is 2.11 bits per heavy atom. The van der Waals surface area contributed by atoms with Gasteiger partial charge in [0, 0.05) is 37.4 Å². The van der Waals surface area contributed by atoms with E-state index in [2.05, 4.69) is 22.3 Å². The first kappa shape index (κ1) is 20.2. The summed E-state index contributed by atoms with van der Waals surface area (Å²) < 4.78 is 11.4. The van der Waals surface area contributed by atoms with Crippen LogP contribution in [0.2, 0.25) is 0 Å². The number of piperazine rings is 1. The summed E-state index contributed by atoms with van der Waals surface area (Å²) in [5.41, 5.74) is 1.44. The third-order valence-corrected chi connectivity index (χ3v) is 5.11. The molecule has 27 heavy (non-hydrogen) atoms. The molecule has 1 amide bonds. The molecule has 3 rings (SSSR count). The van der Waals surface area contributed by atoms with Crippen LogP contribution in [0.3, 0.4) is 0 Å². The summed E-state index contributed by atoms with van der Waals surface area (Å²) >= 11 is 18.4. The summed E-state index contributed by atoms with van der Waals surface area (Å²) in [5.74, 6) is -0.835. The second-order valence-electron chi connectivity index (χ2n) is 6.28. The lowest BCUT2D eigenvalue weighted by Gasteiger charge is -2.42. The standard InChI is InChI=1S/C19H19Cl3FN3O/c20-19(21,22)18(24-17(27)14-6-8-15(23)9-7-14)26-12-10-25(11-13-26)16-4-2-1-3-5-16/h1-9,18H,10-13H2,(H,24,27)/t18-/m0/s1. The minimum absolute atomic E-state index is 0.304. The summed E-state index contributed by atoms with van der Waals surface area (Å²) in [6, 6.07) is 15.3. The lowest BCUT2D eigenvalue weighted by Crippen LogP contribution is -2.60. The molecule has 1 aliphatic rings. The van der Waals surface area contributed by atoms with Gasteiger partial charge >= 0.3 is 0 Å². The van der Waals surface area contributed by atoms with E-state index in [1.807, 2.05) is 23.1 Å². The number of hydrogen-bond acceptors (Lipinski definition) is 3. The molecule has 2 aromatic carbocycles. The molecule has 8 heteroatoms. The van der Waals surface area contributed by atoms with E-state index in [0.717, 1.165) is 18.8 Å². The Morgan fingerprint density at radius 2 is 1.56 bits per heavy atom. The zero-order valence-electron chi connectivity index (χ0n) is 14.4. The molecule has 0 bridgehead atoms. The van der Waals surface area contributed by atoms with Gasteiger partial charge in [0.1, 0.15) is 12.0 Å². The molecular formula is C19H19Cl3FN3O. The first-order valence-corrected chi connectivity index (χ1v) is 9.65. The lowest BCUT2D eigenvalue weighted by molar-refractivity contribution is 0.0841. The number of halogens is 4. The van der Waals surface area contributed by atoms with Gasteiger partial charge in [-0.2, -0.15) is 0 Å². The predicted octanol–water partition coefficient (Wildman–Crippen LogP) is 4.07. The average Bonchev–Trinajstić information content (AvgIpc) is 2.66. The van der Waals surface area contributed by atoms with Gasteiger partial charge < -0.3 is 10.2 Å². The number of rotatable bonds is 4. The third-order valence-electron chi connectivity index (χ3n) is 4.49. The zero-order valence-corrected chi connectivity index (χ0v) is 16.7. The van der Waals surface area contributed by atoms with Crippen LogP contribution in [0, 0.1) is 5.82 Å². The van der Waals surface area contributed by atoms with Crippen molar-refractivity contribution in [3.63, 3.8) is 0 Å². The highest BCUT2D eigenvalue weighted by Gasteiger charge is 2.39. The van der Waals surface area contributed by atoms with Crippen LogP contribution in [0.5, 0.6) is 0 Å². The summed E-state index contributed by atoms with van der Waals surface area (Å²) in [6.07, 6.45) is -0.794. The molecule has 4 nitrogen and oxygen atoms in total. The molecular weight excluding hydrogens is 412 g/mol. The van der Waals surface area contributed by atoms with E-state index < -0.39 is 21.7 Å². The third kappa shape index (κ3) is 5.26. The van der Waals surface area contributed by atoms with E-state index in [1.54, 1.807) is 0 Å². The number of carbonyl (C=O) groups is 1. The minimum Gasteiger partial charge on any atom is -0.369 e. The number of hydrogen-bond donors (Lipinski definition) is 1. The Morgan fingerprint density at radius 1 is 0.963 bits per heavy atom. The number of anilines is 1. The van der Waals surface area contributed by atoms with Crippen molar-refractivity contribution in [2.24, 2.45) is 0 Å². The van der Waals surface area contributed by atoms with Crippen molar-refractivity contribution in [1.29, 1.82) is 0 Å². The van der Waals surface area contributed by atoms with E-state index >= 15 is 0 Å². The quantitative estimate of drug-likeness (QED) is 0.743. The van der Waals surface area contributed by atoms with Gasteiger partial charge in [-0.05, 0) is 36.4 Å². The lowest BCUT2D eigenvalue weighted by atomic mass is 10.2. The molecule has 0 aromatic heterocycles. The van der Waals surface area contributed by atoms with E-state index in [1.165, 1.54) is 24.3 Å². The highest BCUT2D eigenvalue weighted by atomic mass is 35.6. The summed E-state index contributed by atoms with van der Waals surface area (Å²) in [6.45, 7) is 2.73. The molecule has 0 unspecified atom stereocenters. The van der Waals surface area contributed by atoms with Gasteiger partial charge in [0.25, 0.3) is 5.91 Å². The van der Waals surface area contributed by atoms with Crippen molar-refractivity contribution >= 4 is 46.4 Å². The maximum atomic E-state index is 13.1. The molecule has 1 atom stereocenters. The normalized spacial score (nSPS) is 16.8. The highest BCUT2D eigenvalue weighted by Crippen LogP contribution is 2.33. The molecule has 0 radical (unpaired) electrons. The SMILES string of the molecule is O=C(N[C@@H](N1CCN(c2ccccc2)CC1)C(Cl)(Cl)Cl)c1ccc(F)cc1. The predicted molar refractivity (Wildman–Crippen MR) is 108 cm³/mol. The highest BCUT2D eigenvalue weighted by molar-refractivity contribution is 6.68. The number of para-hydroxylation sites is 1. The van der Waals surface area contributed by atoms with Gasteiger partial charge in [0.2, 0.25) is 3.79 Å². The Kier molecular flexibility index (Phi) is 6.48. The van der Waals surface area contributed by atoms with Gasteiger partial charge in [-0.3, -0.25) is 9.69 Å². The molecule has 1 saturated heterocycles. The van der Waals surface area contributed by atoms with Crippen molar-refractivity contribution in [3.05, 3.63) is 66.0 Å². The van der Waals surface area contributed by atoms with Crippen molar-refractivity contribution in [1.82, 2.24) is 10.2 Å². The van der Waals surface area contributed by atoms with Crippen molar-refractivity contribution < 1.29 is 9.18 Å². The fourth-order valence-corrected chi connectivity index (χ4v) is 3.64. The Hall–Kier alpha value is -1.53. The molecule has 1 fully saturated rings. The number of nitrogens with zero attached hydrogens (tertiary/aromatic N) is 2.